The maximum Gasteiger partial charge on any atom is 0.326 e. The van der Waals surface area contributed by atoms with Crippen LogP contribution in [0.25, 0.3) is 10.2 Å². The molecule has 1 aromatic carbocycles. The Morgan fingerprint density at radius 3 is 2.50 bits per heavy atom. The van der Waals surface area contributed by atoms with E-state index in [-0.39, 0.29) is 5.00 Å². The van der Waals surface area contributed by atoms with E-state index < -0.39 is 4.92 Å². The Morgan fingerprint density at radius 1 is 1.04 bits per heavy atom. The molecule has 0 fully saturated rings. The van der Waals surface area contributed by atoms with Crippen molar-refractivity contribution < 1.29 is 9.66 Å². The summed E-state index contributed by atoms with van der Waals surface area (Å²) in [5.74, 6) is 0.895. The van der Waals surface area contributed by atoms with Crippen LogP contribution in [0.1, 0.15) is 0 Å². The van der Waals surface area contributed by atoms with Crippen LogP contribution in [0.5, 0.6) is 11.6 Å². The number of fused-ring (bicyclic) bond motifs is 1. The monoisotopic (exact) mass is 382 g/mol. The van der Waals surface area contributed by atoms with Gasteiger partial charge < -0.3 is 4.74 Å². The molecule has 26 heavy (non-hydrogen) atoms. The summed E-state index contributed by atoms with van der Waals surface area (Å²) < 4.78 is 5.80. The maximum absolute atomic E-state index is 10.9. The Kier molecular flexibility index (Phi) is 4.46. The molecule has 0 atom stereocenters. The minimum atomic E-state index is -0.443. The van der Waals surface area contributed by atoms with Crippen LogP contribution in [0.15, 0.2) is 71.0 Å². The van der Waals surface area contributed by atoms with E-state index in [1.807, 2.05) is 36.4 Å². The summed E-state index contributed by atoms with van der Waals surface area (Å²) >= 11 is 2.61. The number of hydrogen-bond acceptors (Lipinski definition) is 8. The number of hydrogen-bond donors (Lipinski definition) is 0. The van der Waals surface area contributed by atoms with Crippen LogP contribution in [0.3, 0.4) is 0 Å². The van der Waals surface area contributed by atoms with Crippen LogP contribution in [0.2, 0.25) is 0 Å². The number of pyridine rings is 1. The Hall–Kier alpha value is -3.04. The Morgan fingerprint density at radius 2 is 1.77 bits per heavy atom. The number of aromatic nitrogens is 3. The molecule has 0 saturated carbocycles. The molecule has 4 aromatic rings. The molecule has 3 aromatic heterocycles. The third-order valence-corrected chi connectivity index (χ3v) is 5.39. The van der Waals surface area contributed by atoms with Gasteiger partial charge in [-0.05, 0) is 47.7 Å². The van der Waals surface area contributed by atoms with Gasteiger partial charge in [-0.3, -0.25) is 15.1 Å². The molecule has 0 bridgehead atoms. The average Bonchev–Trinajstić information content (AvgIpc) is 3.10. The first-order chi connectivity index (χ1) is 12.7. The number of thiophene rings is 1. The number of nitro groups is 1. The maximum atomic E-state index is 10.9. The van der Waals surface area contributed by atoms with E-state index in [1.54, 1.807) is 24.2 Å². The van der Waals surface area contributed by atoms with E-state index in [0.29, 0.717) is 21.8 Å². The van der Waals surface area contributed by atoms with Crippen molar-refractivity contribution in [3.8, 4) is 11.6 Å². The van der Waals surface area contributed by atoms with Crippen molar-refractivity contribution >= 4 is 38.3 Å². The average molecular weight is 382 g/mol. The second-order valence-electron chi connectivity index (χ2n) is 5.10. The van der Waals surface area contributed by atoms with Gasteiger partial charge in [-0.25, -0.2) is 9.97 Å². The summed E-state index contributed by atoms with van der Waals surface area (Å²) in [6.45, 7) is 0. The van der Waals surface area contributed by atoms with Crippen molar-refractivity contribution in [3.63, 3.8) is 0 Å². The fraction of sp³-hybridized carbons (Fsp3) is 0. The van der Waals surface area contributed by atoms with Gasteiger partial charge in [0, 0.05) is 28.3 Å². The largest absolute Gasteiger partial charge is 0.438 e. The normalized spacial score (nSPS) is 10.8. The smallest absolute Gasteiger partial charge is 0.326 e. The lowest BCUT2D eigenvalue weighted by atomic mass is 10.3. The standard InChI is InChI=1S/C17H10N4O3S2/c22-21(23)15-9-14-16(19-10-20-17(14)26-15)24-11-1-3-12(4-2-11)25-13-5-7-18-8-6-13/h1-10H. The van der Waals surface area contributed by atoms with Gasteiger partial charge in [-0.2, -0.15) is 0 Å². The highest BCUT2D eigenvalue weighted by molar-refractivity contribution is 7.99. The topological polar surface area (TPSA) is 91.0 Å². The first kappa shape index (κ1) is 16.4. The van der Waals surface area contributed by atoms with E-state index in [0.717, 1.165) is 21.1 Å². The van der Waals surface area contributed by atoms with Crippen molar-refractivity contribution in [1.82, 2.24) is 15.0 Å². The van der Waals surface area contributed by atoms with Gasteiger partial charge in [0.25, 0.3) is 0 Å². The van der Waals surface area contributed by atoms with Gasteiger partial charge in [0.1, 0.15) is 16.9 Å². The van der Waals surface area contributed by atoms with Gasteiger partial charge in [-0.15, -0.1) is 0 Å². The predicted molar refractivity (Wildman–Crippen MR) is 98.9 cm³/mol. The molecule has 0 radical (unpaired) electrons. The molecule has 0 saturated heterocycles. The molecule has 0 aliphatic heterocycles. The first-order valence-corrected chi connectivity index (χ1v) is 9.07. The summed E-state index contributed by atoms with van der Waals surface area (Å²) in [5, 5.41) is 11.5. The fourth-order valence-electron chi connectivity index (χ4n) is 2.22. The number of ether oxygens (including phenoxy) is 1. The highest BCUT2D eigenvalue weighted by Gasteiger charge is 2.16. The highest BCUT2D eigenvalue weighted by atomic mass is 32.2. The van der Waals surface area contributed by atoms with E-state index in [2.05, 4.69) is 15.0 Å². The quantitative estimate of drug-likeness (QED) is 0.357. The van der Waals surface area contributed by atoms with Crippen molar-refractivity contribution in [2.75, 3.05) is 0 Å². The van der Waals surface area contributed by atoms with Gasteiger partial charge in [0.05, 0.1) is 10.3 Å². The minimum Gasteiger partial charge on any atom is -0.438 e. The highest BCUT2D eigenvalue weighted by Crippen LogP contribution is 2.36. The predicted octanol–water partition coefficient (Wildman–Crippen LogP) is 4.94. The van der Waals surface area contributed by atoms with Gasteiger partial charge in [-0.1, -0.05) is 11.8 Å². The molecule has 0 unspecified atom stereocenters. The van der Waals surface area contributed by atoms with Gasteiger partial charge in [0.2, 0.25) is 5.88 Å². The van der Waals surface area contributed by atoms with Crippen LogP contribution in [0, 0.1) is 10.1 Å². The molecule has 0 spiro atoms. The number of rotatable bonds is 5. The summed E-state index contributed by atoms with van der Waals surface area (Å²) in [5.41, 5.74) is 0. The fourth-order valence-corrected chi connectivity index (χ4v) is 3.83. The van der Waals surface area contributed by atoms with Crippen LogP contribution in [-0.4, -0.2) is 19.9 Å². The molecule has 0 amide bonds. The number of benzene rings is 1. The van der Waals surface area contributed by atoms with Crippen molar-refractivity contribution in [2.24, 2.45) is 0 Å². The molecular formula is C17H10N4O3S2. The number of nitrogens with zero attached hydrogens (tertiary/aromatic N) is 4. The van der Waals surface area contributed by atoms with Crippen molar-refractivity contribution in [1.29, 1.82) is 0 Å². The molecule has 3 heterocycles. The van der Waals surface area contributed by atoms with E-state index >= 15 is 0 Å². The van der Waals surface area contributed by atoms with Gasteiger partial charge in [0.15, 0.2) is 0 Å². The zero-order valence-electron chi connectivity index (χ0n) is 13.1. The second kappa shape index (κ2) is 7.06. The summed E-state index contributed by atoms with van der Waals surface area (Å²) in [7, 11) is 0. The summed E-state index contributed by atoms with van der Waals surface area (Å²) in [4.78, 5) is 25.3. The molecule has 128 valence electrons. The van der Waals surface area contributed by atoms with Crippen LogP contribution < -0.4 is 4.74 Å². The molecule has 4 rings (SSSR count). The molecule has 7 nitrogen and oxygen atoms in total. The minimum absolute atomic E-state index is 0.00875. The second-order valence-corrected chi connectivity index (χ2v) is 7.25. The molecular weight excluding hydrogens is 372 g/mol. The van der Waals surface area contributed by atoms with Crippen LogP contribution >= 0.6 is 23.1 Å². The molecule has 9 heteroatoms. The lowest BCUT2D eigenvalue weighted by Crippen LogP contribution is -1.89. The molecule has 0 aliphatic carbocycles. The van der Waals surface area contributed by atoms with E-state index in [1.165, 1.54) is 12.4 Å². The zero-order chi connectivity index (χ0) is 17.9. The Balaban J connectivity index is 1.56. The third-order valence-electron chi connectivity index (χ3n) is 3.38. The zero-order valence-corrected chi connectivity index (χ0v) is 14.7. The Bertz CT molecular complexity index is 1070. The van der Waals surface area contributed by atoms with Crippen LogP contribution in [0.4, 0.5) is 5.00 Å². The third kappa shape index (κ3) is 3.48. The first-order valence-electron chi connectivity index (χ1n) is 7.44. The lowest BCUT2D eigenvalue weighted by molar-refractivity contribution is -0.380. The van der Waals surface area contributed by atoms with E-state index in [9.17, 15) is 10.1 Å². The molecule has 0 N–H and O–H groups in total. The van der Waals surface area contributed by atoms with E-state index in [4.69, 9.17) is 4.74 Å². The van der Waals surface area contributed by atoms with Crippen molar-refractivity contribution in [2.45, 2.75) is 9.79 Å². The van der Waals surface area contributed by atoms with Crippen molar-refractivity contribution in [3.05, 3.63) is 71.3 Å². The summed E-state index contributed by atoms with van der Waals surface area (Å²) in [6, 6.07) is 12.9. The SMILES string of the molecule is O=[N+]([O-])c1cc2c(Oc3ccc(Sc4ccncc4)cc3)ncnc2s1. The molecule has 0 aliphatic rings. The summed E-state index contributed by atoms with van der Waals surface area (Å²) in [6.07, 6.45) is 4.84. The van der Waals surface area contributed by atoms with Gasteiger partial charge >= 0.3 is 5.00 Å². The van der Waals surface area contributed by atoms with Crippen LogP contribution in [-0.2, 0) is 0 Å². The lowest BCUT2D eigenvalue weighted by Gasteiger charge is -2.06. The Labute approximate surface area is 155 Å².